The first kappa shape index (κ1) is 38.3. The molecule has 0 radical (unpaired) electrons. The van der Waals surface area contributed by atoms with Gasteiger partial charge >= 0.3 is 17.9 Å². The molecule has 1 aromatic rings. The van der Waals surface area contributed by atoms with Crippen molar-refractivity contribution in [1.29, 1.82) is 0 Å². The van der Waals surface area contributed by atoms with E-state index >= 15 is 0 Å². The number of carboxylic acids is 3. The Morgan fingerprint density at radius 3 is 1.89 bits per heavy atom. The molecule has 3 atom stereocenters. The summed E-state index contributed by atoms with van der Waals surface area (Å²) in [6, 6.07) is 4.08. The van der Waals surface area contributed by atoms with Gasteiger partial charge in [0, 0.05) is 19.3 Å². The van der Waals surface area contributed by atoms with Crippen LogP contribution in [0.5, 0.6) is 5.75 Å². The third-order valence-corrected chi connectivity index (χ3v) is 7.54. The molecule has 0 saturated heterocycles. The van der Waals surface area contributed by atoms with E-state index < -0.39 is 47.8 Å². The molecule has 0 aliphatic carbocycles. The molecule has 44 heavy (non-hydrogen) atoms. The zero-order valence-corrected chi connectivity index (χ0v) is 25.7. The SMILES string of the molecule is CCCCCCCCCC(=O)CCCCCC/C=C\C(C(=O)N[C@@H](Cc1ccc(O)cc1)C(=O)O)C(O)(CC(=O)O)C(=O)O. The first-order chi connectivity index (χ1) is 20.9. The van der Waals surface area contributed by atoms with Crippen LogP contribution in [0, 0.1) is 5.92 Å². The van der Waals surface area contributed by atoms with Crippen molar-refractivity contribution in [2.24, 2.45) is 5.92 Å². The predicted octanol–water partition coefficient (Wildman–Crippen LogP) is 5.02. The van der Waals surface area contributed by atoms with E-state index in [1.807, 2.05) is 0 Å². The number of hydrogen-bond donors (Lipinski definition) is 6. The third kappa shape index (κ3) is 15.1. The highest BCUT2D eigenvalue weighted by Crippen LogP contribution is 2.26. The average Bonchev–Trinajstić information content (AvgIpc) is 2.95. The van der Waals surface area contributed by atoms with Gasteiger partial charge in [0.15, 0.2) is 5.60 Å². The lowest BCUT2D eigenvalue weighted by Crippen LogP contribution is -2.55. The van der Waals surface area contributed by atoms with Crippen LogP contribution in [0.4, 0.5) is 0 Å². The molecule has 11 nitrogen and oxygen atoms in total. The lowest BCUT2D eigenvalue weighted by Gasteiger charge is -2.29. The Bertz CT molecular complexity index is 1080. The lowest BCUT2D eigenvalue weighted by atomic mass is 9.82. The van der Waals surface area contributed by atoms with Crippen molar-refractivity contribution in [1.82, 2.24) is 5.32 Å². The molecule has 0 bridgehead atoms. The average molecular weight is 620 g/mol. The number of allylic oxidation sites excluding steroid dienone is 1. The molecule has 0 aromatic heterocycles. The molecule has 11 heteroatoms. The number of carbonyl (C=O) groups is 5. The summed E-state index contributed by atoms with van der Waals surface area (Å²) in [5, 5.41) is 51.0. The smallest absolute Gasteiger partial charge is 0.337 e. The van der Waals surface area contributed by atoms with Crippen molar-refractivity contribution in [3.05, 3.63) is 42.0 Å². The van der Waals surface area contributed by atoms with Crippen LogP contribution < -0.4 is 5.32 Å². The number of amides is 1. The number of ketones is 1. The number of aliphatic carboxylic acids is 3. The molecule has 1 rings (SSSR count). The molecule has 0 fully saturated rings. The van der Waals surface area contributed by atoms with Gasteiger partial charge in [-0.15, -0.1) is 0 Å². The van der Waals surface area contributed by atoms with Crippen LogP contribution in [0.25, 0.3) is 0 Å². The van der Waals surface area contributed by atoms with Crippen LogP contribution in [0.2, 0.25) is 0 Å². The molecular formula is C33H49NO10. The maximum Gasteiger partial charge on any atom is 0.337 e. The number of carbonyl (C=O) groups excluding carboxylic acids is 2. The van der Waals surface area contributed by atoms with E-state index in [1.165, 1.54) is 62.4 Å². The molecule has 2 unspecified atom stereocenters. The van der Waals surface area contributed by atoms with Crippen molar-refractivity contribution in [3.63, 3.8) is 0 Å². The predicted molar refractivity (Wildman–Crippen MR) is 164 cm³/mol. The number of phenols is 1. The monoisotopic (exact) mass is 619 g/mol. The Labute approximate surface area is 259 Å². The summed E-state index contributed by atoms with van der Waals surface area (Å²) in [5.74, 6) is -7.82. The van der Waals surface area contributed by atoms with Crippen LogP contribution in [0.15, 0.2) is 36.4 Å². The van der Waals surface area contributed by atoms with Crippen molar-refractivity contribution in [2.75, 3.05) is 0 Å². The van der Waals surface area contributed by atoms with Gasteiger partial charge in [0.25, 0.3) is 0 Å². The summed E-state index contributed by atoms with van der Waals surface area (Å²) in [6.45, 7) is 2.18. The lowest BCUT2D eigenvalue weighted by molar-refractivity contribution is -0.172. The molecule has 6 N–H and O–H groups in total. The second-order valence-electron chi connectivity index (χ2n) is 11.3. The maximum atomic E-state index is 13.1. The van der Waals surface area contributed by atoms with E-state index in [0.29, 0.717) is 31.2 Å². The van der Waals surface area contributed by atoms with Crippen LogP contribution in [0.3, 0.4) is 0 Å². The van der Waals surface area contributed by atoms with Gasteiger partial charge in [0.1, 0.15) is 17.6 Å². The van der Waals surface area contributed by atoms with Gasteiger partial charge in [-0.1, -0.05) is 82.6 Å². The van der Waals surface area contributed by atoms with Gasteiger partial charge < -0.3 is 30.8 Å². The standard InChI is InChI=1S/C33H49NO10/c1-2-3-4-5-6-9-12-15-25(35)16-13-10-7-8-11-14-17-27(33(44,32(42)43)23-29(37)38)30(39)34-28(31(40)41)22-24-18-20-26(36)21-19-24/h14,17-21,27-28,36,44H,2-13,15-16,22-23H2,1H3,(H,34,39)(H,37,38)(H,40,41)(H,42,43)/b17-14-/t27?,28-,33?/m0/s1. The number of phenolic OH excluding ortho intramolecular Hbond substituents is 1. The maximum absolute atomic E-state index is 13.1. The van der Waals surface area contributed by atoms with E-state index in [1.54, 1.807) is 0 Å². The fourth-order valence-corrected chi connectivity index (χ4v) is 4.92. The second-order valence-corrected chi connectivity index (χ2v) is 11.3. The quantitative estimate of drug-likeness (QED) is 0.0638. The number of unbranched alkanes of at least 4 members (excludes halogenated alkanes) is 10. The number of rotatable bonds is 25. The van der Waals surface area contributed by atoms with Gasteiger partial charge in [0.05, 0.1) is 12.3 Å². The van der Waals surface area contributed by atoms with E-state index in [9.17, 15) is 49.5 Å². The highest BCUT2D eigenvalue weighted by Gasteiger charge is 2.49. The summed E-state index contributed by atoms with van der Waals surface area (Å²) in [5.41, 5.74) is -2.56. The topological polar surface area (TPSA) is 199 Å². The number of Topliss-reactive ketones (excluding diaryl/α,β-unsaturated/α-hetero) is 1. The van der Waals surface area contributed by atoms with E-state index in [0.717, 1.165) is 38.2 Å². The molecule has 1 aromatic carbocycles. The minimum absolute atomic E-state index is 0.0395. The van der Waals surface area contributed by atoms with Crippen molar-refractivity contribution in [3.8, 4) is 5.75 Å². The van der Waals surface area contributed by atoms with Crippen molar-refractivity contribution >= 4 is 29.6 Å². The Morgan fingerprint density at radius 1 is 0.818 bits per heavy atom. The summed E-state index contributed by atoms with van der Waals surface area (Å²) in [7, 11) is 0. The fraction of sp³-hybridized carbons (Fsp3) is 0.606. The molecule has 1 amide bonds. The molecule has 0 aliphatic heterocycles. The van der Waals surface area contributed by atoms with Crippen molar-refractivity contribution < 1.29 is 49.5 Å². The Balaban J connectivity index is 2.68. The first-order valence-corrected chi connectivity index (χ1v) is 15.6. The van der Waals surface area contributed by atoms with Crippen molar-refractivity contribution in [2.45, 2.75) is 121 Å². The Hall–Kier alpha value is -3.73. The Kier molecular flexibility index (Phi) is 18.3. The number of aromatic hydroxyl groups is 1. The van der Waals surface area contributed by atoms with Crippen LogP contribution in [0.1, 0.15) is 109 Å². The van der Waals surface area contributed by atoms with Gasteiger partial charge in [-0.25, -0.2) is 9.59 Å². The van der Waals surface area contributed by atoms with E-state index in [-0.39, 0.29) is 18.0 Å². The molecule has 0 aliphatic rings. The third-order valence-electron chi connectivity index (χ3n) is 7.54. The van der Waals surface area contributed by atoms with Crippen LogP contribution in [-0.4, -0.2) is 66.8 Å². The van der Waals surface area contributed by atoms with Gasteiger partial charge in [0.2, 0.25) is 5.91 Å². The summed E-state index contributed by atoms with van der Waals surface area (Å²) in [4.78, 5) is 60.4. The normalized spacial score (nSPS) is 14.0. The molecular weight excluding hydrogens is 570 g/mol. The largest absolute Gasteiger partial charge is 0.508 e. The number of hydrogen-bond acceptors (Lipinski definition) is 7. The number of benzene rings is 1. The van der Waals surface area contributed by atoms with Crippen LogP contribution >= 0.6 is 0 Å². The number of aliphatic hydroxyl groups is 1. The van der Waals surface area contributed by atoms with Gasteiger partial charge in [-0.2, -0.15) is 0 Å². The van der Waals surface area contributed by atoms with Gasteiger partial charge in [-0.05, 0) is 43.4 Å². The van der Waals surface area contributed by atoms with E-state index in [4.69, 9.17) is 0 Å². The second kappa shape index (κ2) is 21.1. The zero-order valence-electron chi connectivity index (χ0n) is 25.7. The van der Waals surface area contributed by atoms with Crippen LogP contribution in [-0.2, 0) is 30.4 Å². The molecule has 246 valence electrons. The minimum Gasteiger partial charge on any atom is -0.508 e. The zero-order chi connectivity index (χ0) is 33.0. The number of carboxylic acid groups (broad SMARTS) is 3. The molecule has 0 heterocycles. The first-order valence-electron chi connectivity index (χ1n) is 15.6. The minimum atomic E-state index is -3.02. The fourth-order valence-electron chi connectivity index (χ4n) is 4.92. The summed E-state index contributed by atoms with van der Waals surface area (Å²) < 4.78 is 0. The molecule has 0 saturated carbocycles. The summed E-state index contributed by atoms with van der Waals surface area (Å²) in [6.07, 6.45) is 13.8. The Morgan fingerprint density at radius 2 is 1.36 bits per heavy atom. The molecule has 0 spiro atoms. The highest BCUT2D eigenvalue weighted by atomic mass is 16.4. The summed E-state index contributed by atoms with van der Waals surface area (Å²) >= 11 is 0. The number of nitrogens with one attached hydrogen (secondary N) is 1. The highest BCUT2D eigenvalue weighted by molar-refractivity contribution is 5.94. The van der Waals surface area contributed by atoms with Gasteiger partial charge in [-0.3, -0.25) is 14.4 Å². The van der Waals surface area contributed by atoms with E-state index in [2.05, 4.69) is 12.2 Å².